The molecule has 4 rings (SSSR count). The number of terminal acetylenes is 1. The van der Waals surface area contributed by atoms with Crippen molar-refractivity contribution in [2.75, 3.05) is 17.2 Å². The fourth-order valence-corrected chi connectivity index (χ4v) is 6.00. The zero-order chi connectivity index (χ0) is 39.8. The average Bonchev–Trinajstić information content (AvgIpc) is 3.09. The van der Waals surface area contributed by atoms with E-state index in [2.05, 4.69) is 16.2 Å². The molecule has 54 heavy (non-hydrogen) atoms. The van der Waals surface area contributed by atoms with Crippen LogP contribution in [0.1, 0.15) is 66.5 Å². The molecule has 15 heteroatoms. The molecule has 0 unspecified atom stereocenters. The number of esters is 2. The van der Waals surface area contributed by atoms with E-state index in [1.54, 1.807) is 75.1 Å². The van der Waals surface area contributed by atoms with Crippen molar-refractivity contribution in [1.29, 1.82) is 0 Å². The smallest absolute Gasteiger partial charge is 0.328 e. The van der Waals surface area contributed by atoms with Crippen LogP contribution in [0.4, 0.5) is 10.1 Å². The first-order chi connectivity index (χ1) is 25.4. The molecule has 0 bridgehead atoms. The highest BCUT2D eigenvalue weighted by molar-refractivity contribution is 7.89. The molecule has 4 aromatic rings. The predicted molar refractivity (Wildman–Crippen MR) is 202 cm³/mol. The molecule has 286 valence electrons. The molecule has 1 aromatic heterocycles. The Bertz CT molecular complexity index is 2250. The van der Waals surface area contributed by atoms with Crippen LogP contribution >= 0.6 is 0 Å². The molecule has 1 heterocycles. The van der Waals surface area contributed by atoms with Crippen molar-refractivity contribution in [1.82, 2.24) is 14.9 Å². The van der Waals surface area contributed by atoms with Crippen molar-refractivity contribution in [3.63, 3.8) is 0 Å². The van der Waals surface area contributed by atoms with E-state index in [9.17, 15) is 27.6 Å². The Morgan fingerprint density at radius 2 is 1.78 bits per heavy atom. The zero-order valence-corrected chi connectivity index (χ0v) is 31.7. The number of carbonyl (C=O) groups excluding carboxylic acids is 3. The number of sulfonamides is 1. The third-order valence-electron chi connectivity index (χ3n) is 8.48. The van der Waals surface area contributed by atoms with Crippen molar-refractivity contribution in [3.05, 3.63) is 105 Å². The van der Waals surface area contributed by atoms with Gasteiger partial charge in [0.2, 0.25) is 10.0 Å². The highest BCUT2D eigenvalue weighted by Gasteiger charge is 2.26. The van der Waals surface area contributed by atoms with Gasteiger partial charge in [0.25, 0.3) is 11.5 Å². The number of primary sulfonamides is 1. The van der Waals surface area contributed by atoms with Crippen LogP contribution in [0.2, 0.25) is 0 Å². The lowest BCUT2D eigenvalue weighted by molar-refractivity contribution is -0.157. The number of hydrogen-bond acceptors (Lipinski definition) is 10. The number of aromatic nitrogens is 2. The van der Waals surface area contributed by atoms with Crippen molar-refractivity contribution in [2.24, 2.45) is 10.6 Å². The number of benzene rings is 3. The lowest BCUT2D eigenvalue weighted by atomic mass is 9.98. The average molecular weight is 762 g/mol. The van der Waals surface area contributed by atoms with E-state index in [0.717, 1.165) is 11.6 Å². The molecular formula is C39H44FN5O8S. The Kier molecular flexibility index (Phi) is 13.3. The topological polar surface area (TPSA) is 180 Å². The molecule has 3 N–H and O–H groups in total. The van der Waals surface area contributed by atoms with Crippen LogP contribution in [0.3, 0.4) is 0 Å². The second-order valence-corrected chi connectivity index (χ2v) is 15.6. The zero-order valence-electron chi connectivity index (χ0n) is 30.8. The monoisotopic (exact) mass is 761 g/mol. The van der Waals surface area contributed by atoms with E-state index in [0.29, 0.717) is 28.2 Å². The Hall–Kier alpha value is -5.59. The van der Waals surface area contributed by atoms with Crippen molar-refractivity contribution in [3.8, 4) is 12.3 Å². The summed E-state index contributed by atoms with van der Waals surface area (Å²) in [5.74, 6) is -0.636. The first kappa shape index (κ1) is 41.2. The molecule has 0 aliphatic heterocycles. The Morgan fingerprint density at radius 1 is 1.07 bits per heavy atom. The minimum atomic E-state index is -3.84. The van der Waals surface area contributed by atoms with Crippen molar-refractivity contribution < 1.29 is 36.7 Å². The number of nitrogens with one attached hydrogen (secondary N) is 1. The maximum Gasteiger partial charge on any atom is 0.328 e. The van der Waals surface area contributed by atoms with Crippen molar-refractivity contribution >= 4 is 44.5 Å². The number of fused-ring (bicyclic) bond motifs is 1. The number of amides is 1. The number of rotatable bonds is 15. The fraction of sp³-hybridized carbons (Fsp3) is 0.359. The van der Waals surface area contributed by atoms with Crippen LogP contribution < -0.4 is 20.9 Å². The molecule has 0 spiro atoms. The van der Waals surface area contributed by atoms with Crippen LogP contribution in [0.15, 0.2) is 65.5 Å². The van der Waals surface area contributed by atoms with Gasteiger partial charge in [-0.1, -0.05) is 36.3 Å². The normalized spacial score (nSPS) is 12.1. The summed E-state index contributed by atoms with van der Waals surface area (Å²) < 4.78 is 50.7. The molecule has 0 saturated heterocycles. The second-order valence-electron chi connectivity index (χ2n) is 13.9. The molecule has 3 aromatic carbocycles. The van der Waals surface area contributed by atoms with Crippen LogP contribution in [0, 0.1) is 37.4 Å². The highest BCUT2D eigenvalue weighted by Crippen LogP contribution is 2.24. The lowest BCUT2D eigenvalue weighted by Gasteiger charge is -2.24. The quantitative estimate of drug-likeness (QED) is 0.131. The molecule has 13 nitrogen and oxygen atoms in total. The Balaban J connectivity index is 1.56. The van der Waals surface area contributed by atoms with Gasteiger partial charge in [-0.2, -0.15) is 0 Å². The summed E-state index contributed by atoms with van der Waals surface area (Å²) in [5.41, 5.74) is 1.43. The van der Waals surface area contributed by atoms with E-state index >= 15 is 4.39 Å². The van der Waals surface area contributed by atoms with Gasteiger partial charge < -0.3 is 19.7 Å². The van der Waals surface area contributed by atoms with Gasteiger partial charge in [-0.15, -0.1) is 6.42 Å². The number of hydrogen-bond donors (Lipinski definition) is 2. The van der Waals surface area contributed by atoms with E-state index in [-0.39, 0.29) is 50.2 Å². The summed E-state index contributed by atoms with van der Waals surface area (Å²) in [4.78, 5) is 58.4. The summed E-state index contributed by atoms with van der Waals surface area (Å²) in [5, 5.41) is 7.86. The number of aryl methyl sites for hydroxylation is 2. The Morgan fingerprint density at radius 3 is 2.41 bits per heavy atom. The third-order valence-corrected chi connectivity index (χ3v) is 9.34. The second kappa shape index (κ2) is 17.5. The highest BCUT2D eigenvalue weighted by atomic mass is 32.2. The first-order valence-electron chi connectivity index (χ1n) is 17.1. The molecule has 1 amide bonds. The minimum Gasteiger partial charge on any atom is -0.459 e. The van der Waals surface area contributed by atoms with Gasteiger partial charge in [-0.05, 0) is 94.5 Å². The largest absolute Gasteiger partial charge is 0.459 e. The number of carbonyl (C=O) groups is 3. The molecule has 0 aliphatic rings. The molecule has 0 radical (unpaired) electrons. The first-order valence-corrected chi connectivity index (χ1v) is 18.8. The van der Waals surface area contributed by atoms with E-state index in [4.69, 9.17) is 21.0 Å². The van der Waals surface area contributed by atoms with E-state index in [1.165, 1.54) is 16.7 Å². The van der Waals surface area contributed by atoms with Gasteiger partial charge in [0.1, 0.15) is 24.3 Å². The molecule has 0 aliphatic carbocycles. The van der Waals surface area contributed by atoms with Gasteiger partial charge in [0.15, 0.2) is 6.73 Å². The van der Waals surface area contributed by atoms with Gasteiger partial charge in [-0.25, -0.2) is 27.7 Å². The minimum absolute atomic E-state index is 0.0426. The molecule has 0 saturated carbocycles. The Labute approximate surface area is 313 Å². The standard InChI is InChI=1S/C39H44FN5O8S/c1-7-17-44(22-28-20-31-34(19-25(28)2)42-26(3)45(36(31)47)24-53-38(49)39(4,5)6)29-15-16-30(32(40)21-29)35(46)43-33(14-11-18-54(41,50)51)37(48)52-23-27-12-9-8-10-13-27/h1,8-10,12-13,15-16,19-21,33H,11,14,17-18,22-24H2,2-6H3,(H,43,46)(H2,41,50,51)/t33-/m0/s1. The van der Waals surface area contributed by atoms with Crippen LogP contribution in [0.25, 0.3) is 10.9 Å². The van der Waals surface area contributed by atoms with Crippen LogP contribution in [0.5, 0.6) is 0 Å². The van der Waals surface area contributed by atoms with E-state index in [1.807, 2.05) is 6.92 Å². The number of ether oxygens (including phenoxy) is 2. The summed E-state index contributed by atoms with van der Waals surface area (Å²) in [6.45, 7) is 8.42. The number of anilines is 1. The van der Waals surface area contributed by atoms with E-state index < -0.39 is 56.5 Å². The fourth-order valence-electron chi connectivity index (χ4n) is 5.43. The summed E-state index contributed by atoms with van der Waals surface area (Å²) in [6, 6.07) is 14.8. The number of nitrogens with two attached hydrogens (primary N) is 1. The van der Waals surface area contributed by atoms with Crippen LogP contribution in [-0.4, -0.2) is 54.2 Å². The number of halogens is 1. The summed E-state index contributed by atoms with van der Waals surface area (Å²) in [6.07, 6.45) is 5.50. The summed E-state index contributed by atoms with van der Waals surface area (Å²) in [7, 11) is -3.84. The molecule has 0 fully saturated rings. The molecule has 1 atom stereocenters. The molecular weight excluding hydrogens is 718 g/mol. The SMILES string of the molecule is C#CCN(Cc1cc2c(=O)n(COC(=O)C(C)(C)C)c(C)nc2cc1C)c1ccc(C(=O)N[C@@H](CCCS(N)(=O)=O)C(=O)OCc2ccccc2)c(F)c1. The van der Waals surface area contributed by atoms with Crippen LogP contribution in [-0.2, 0) is 49.0 Å². The van der Waals surface area contributed by atoms with Crippen molar-refractivity contribution in [2.45, 2.75) is 73.4 Å². The lowest BCUT2D eigenvalue weighted by Crippen LogP contribution is -2.42. The predicted octanol–water partition coefficient (Wildman–Crippen LogP) is 4.25. The number of nitrogens with zero attached hydrogens (tertiary/aromatic N) is 3. The van der Waals surface area contributed by atoms with Gasteiger partial charge in [0.05, 0.1) is 34.2 Å². The third kappa shape index (κ3) is 11.0. The van der Waals surface area contributed by atoms with Gasteiger partial charge >= 0.3 is 11.9 Å². The van der Waals surface area contributed by atoms with Gasteiger partial charge in [-0.3, -0.25) is 19.0 Å². The summed E-state index contributed by atoms with van der Waals surface area (Å²) >= 11 is 0. The maximum atomic E-state index is 15.7. The maximum absolute atomic E-state index is 15.7. The van der Waals surface area contributed by atoms with Gasteiger partial charge in [0, 0.05) is 12.2 Å².